The molecule has 1 unspecified atom stereocenters. The number of aromatic nitrogens is 1. The van der Waals surface area contributed by atoms with Gasteiger partial charge in [0.1, 0.15) is 0 Å². The van der Waals surface area contributed by atoms with Crippen LogP contribution in [0.15, 0.2) is 24.4 Å². The lowest BCUT2D eigenvalue weighted by atomic mass is 10.0. The largest absolute Gasteiger partial charge is 0.313 e. The van der Waals surface area contributed by atoms with Crippen LogP contribution in [0.25, 0.3) is 0 Å². The van der Waals surface area contributed by atoms with Crippen LogP contribution < -0.4 is 5.32 Å². The number of hydrogen-bond acceptors (Lipinski definition) is 3. The Kier molecular flexibility index (Phi) is 5.80. The summed E-state index contributed by atoms with van der Waals surface area (Å²) in [4.78, 5) is 7.07. The highest BCUT2D eigenvalue weighted by Crippen LogP contribution is 2.17. The van der Waals surface area contributed by atoms with Gasteiger partial charge in [0.25, 0.3) is 0 Å². The Morgan fingerprint density at radius 2 is 2.26 bits per heavy atom. The average molecular weight is 261 g/mol. The van der Waals surface area contributed by atoms with Gasteiger partial charge >= 0.3 is 0 Å². The van der Waals surface area contributed by atoms with E-state index in [4.69, 9.17) is 0 Å². The molecule has 1 aliphatic heterocycles. The highest BCUT2D eigenvalue weighted by atomic mass is 15.2. The number of nitrogens with zero attached hydrogens (tertiary/aromatic N) is 2. The summed E-state index contributed by atoms with van der Waals surface area (Å²) in [6.45, 7) is 7.96. The zero-order valence-electron chi connectivity index (χ0n) is 12.3. The van der Waals surface area contributed by atoms with Gasteiger partial charge in [0.05, 0.1) is 0 Å². The molecule has 1 saturated heterocycles. The van der Waals surface area contributed by atoms with Crippen molar-refractivity contribution in [2.75, 3.05) is 19.6 Å². The van der Waals surface area contributed by atoms with Crippen LogP contribution in [0.1, 0.15) is 38.8 Å². The molecule has 19 heavy (non-hydrogen) atoms. The number of nitrogens with one attached hydrogen (secondary N) is 1. The molecule has 1 N–H and O–H groups in total. The van der Waals surface area contributed by atoms with E-state index in [0.717, 1.165) is 19.5 Å². The Balaban J connectivity index is 1.82. The fourth-order valence-corrected chi connectivity index (χ4v) is 2.76. The van der Waals surface area contributed by atoms with E-state index in [2.05, 4.69) is 41.2 Å². The van der Waals surface area contributed by atoms with Crippen LogP contribution in [0, 0.1) is 0 Å². The lowest BCUT2D eigenvalue weighted by Gasteiger charge is -2.36. The van der Waals surface area contributed by atoms with E-state index in [0.29, 0.717) is 12.1 Å². The predicted octanol–water partition coefficient (Wildman–Crippen LogP) is 2.48. The summed E-state index contributed by atoms with van der Waals surface area (Å²) in [6, 6.07) is 7.49. The lowest BCUT2D eigenvalue weighted by Crippen LogP contribution is -2.47. The SMILES string of the molecule is CC(C)NCC1CCCCN1CCc1ccccn1. The van der Waals surface area contributed by atoms with Crippen LogP contribution in [0.3, 0.4) is 0 Å². The van der Waals surface area contributed by atoms with Crippen LogP contribution >= 0.6 is 0 Å². The van der Waals surface area contributed by atoms with Crippen molar-refractivity contribution in [3.8, 4) is 0 Å². The summed E-state index contributed by atoms with van der Waals surface area (Å²) < 4.78 is 0. The Bertz CT molecular complexity index is 350. The second-order valence-corrected chi connectivity index (χ2v) is 5.82. The molecule has 3 heteroatoms. The third-order valence-electron chi connectivity index (χ3n) is 3.89. The molecule has 2 heterocycles. The molecule has 0 bridgehead atoms. The lowest BCUT2D eigenvalue weighted by molar-refractivity contribution is 0.145. The molecule has 0 spiro atoms. The monoisotopic (exact) mass is 261 g/mol. The quantitative estimate of drug-likeness (QED) is 0.852. The molecule has 0 radical (unpaired) electrons. The number of piperidine rings is 1. The first kappa shape index (κ1) is 14.5. The molecule has 2 rings (SSSR count). The number of pyridine rings is 1. The molecule has 0 saturated carbocycles. The average Bonchev–Trinajstić information content (AvgIpc) is 2.45. The highest BCUT2D eigenvalue weighted by Gasteiger charge is 2.21. The first-order valence-corrected chi connectivity index (χ1v) is 7.63. The zero-order valence-corrected chi connectivity index (χ0v) is 12.3. The summed E-state index contributed by atoms with van der Waals surface area (Å²) in [5.74, 6) is 0. The minimum Gasteiger partial charge on any atom is -0.313 e. The van der Waals surface area contributed by atoms with E-state index in [1.807, 2.05) is 12.3 Å². The maximum atomic E-state index is 4.42. The van der Waals surface area contributed by atoms with Crippen molar-refractivity contribution in [2.45, 2.75) is 51.6 Å². The second-order valence-electron chi connectivity index (χ2n) is 5.82. The van der Waals surface area contributed by atoms with E-state index in [9.17, 15) is 0 Å². The maximum Gasteiger partial charge on any atom is 0.0416 e. The van der Waals surface area contributed by atoms with Gasteiger partial charge < -0.3 is 5.32 Å². The Morgan fingerprint density at radius 1 is 1.37 bits per heavy atom. The van der Waals surface area contributed by atoms with Crippen molar-refractivity contribution in [3.05, 3.63) is 30.1 Å². The Labute approximate surface area is 117 Å². The van der Waals surface area contributed by atoms with Gasteiger partial charge in [-0.1, -0.05) is 26.3 Å². The molecule has 3 nitrogen and oxygen atoms in total. The molecule has 1 aliphatic rings. The third kappa shape index (κ3) is 4.92. The summed E-state index contributed by atoms with van der Waals surface area (Å²) in [6.07, 6.45) is 7.02. The van der Waals surface area contributed by atoms with Crippen LogP contribution in [0.2, 0.25) is 0 Å². The van der Waals surface area contributed by atoms with E-state index < -0.39 is 0 Å². The summed E-state index contributed by atoms with van der Waals surface area (Å²) in [5.41, 5.74) is 1.21. The van der Waals surface area contributed by atoms with Gasteiger partial charge in [-0.15, -0.1) is 0 Å². The highest BCUT2D eigenvalue weighted by molar-refractivity contribution is 5.04. The zero-order chi connectivity index (χ0) is 13.5. The number of rotatable bonds is 6. The number of hydrogen-bond donors (Lipinski definition) is 1. The van der Waals surface area contributed by atoms with Gasteiger partial charge in [0.15, 0.2) is 0 Å². The summed E-state index contributed by atoms with van der Waals surface area (Å²) >= 11 is 0. The van der Waals surface area contributed by atoms with Crippen molar-refractivity contribution in [3.63, 3.8) is 0 Å². The van der Waals surface area contributed by atoms with E-state index in [1.54, 1.807) is 0 Å². The van der Waals surface area contributed by atoms with E-state index in [-0.39, 0.29) is 0 Å². The molecular formula is C16H27N3. The van der Waals surface area contributed by atoms with Crippen LogP contribution in [-0.4, -0.2) is 41.6 Å². The van der Waals surface area contributed by atoms with E-state index in [1.165, 1.54) is 31.5 Å². The first-order valence-electron chi connectivity index (χ1n) is 7.63. The third-order valence-corrected chi connectivity index (χ3v) is 3.89. The standard InChI is InChI=1S/C16H27N3/c1-14(2)18-13-16-8-4-6-11-19(16)12-9-15-7-3-5-10-17-15/h3,5,7,10,14,16,18H,4,6,8-9,11-13H2,1-2H3. The molecule has 106 valence electrons. The fraction of sp³-hybridized carbons (Fsp3) is 0.688. The van der Waals surface area contributed by atoms with Crippen molar-refractivity contribution >= 4 is 0 Å². The molecule has 1 aromatic heterocycles. The van der Waals surface area contributed by atoms with Crippen LogP contribution in [0.4, 0.5) is 0 Å². The van der Waals surface area contributed by atoms with Gasteiger partial charge in [-0.3, -0.25) is 9.88 Å². The molecule has 1 aromatic rings. The summed E-state index contributed by atoms with van der Waals surface area (Å²) in [5, 5.41) is 3.59. The van der Waals surface area contributed by atoms with Crippen molar-refractivity contribution in [1.82, 2.24) is 15.2 Å². The second kappa shape index (κ2) is 7.61. The predicted molar refractivity (Wildman–Crippen MR) is 80.3 cm³/mol. The smallest absolute Gasteiger partial charge is 0.0416 e. The normalized spacial score (nSPS) is 20.9. The fourth-order valence-electron chi connectivity index (χ4n) is 2.76. The minimum absolute atomic E-state index is 0.583. The molecular weight excluding hydrogens is 234 g/mol. The number of likely N-dealkylation sites (tertiary alicyclic amines) is 1. The molecule has 0 amide bonds. The Morgan fingerprint density at radius 3 is 3.00 bits per heavy atom. The molecule has 1 fully saturated rings. The van der Waals surface area contributed by atoms with Crippen LogP contribution in [-0.2, 0) is 6.42 Å². The maximum absolute atomic E-state index is 4.42. The summed E-state index contributed by atoms with van der Waals surface area (Å²) in [7, 11) is 0. The van der Waals surface area contributed by atoms with Gasteiger partial charge in [-0.05, 0) is 31.5 Å². The minimum atomic E-state index is 0.583. The van der Waals surface area contributed by atoms with Crippen LogP contribution in [0.5, 0.6) is 0 Å². The van der Waals surface area contributed by atoms with Gasteiger partial charge in [-0.25, -0.2) is 0 Å². The van der Waals surface area contributed by atoms with Crippen molar-refractivity contribution < 1.29 is 0 Å². The topological polar surface area (TPSA) is 28.2 Å². The van der Waals surface area contributed by atoms with Gasteiger partial charge in [-0.2, -0.15) is 0 Å². The molecule has 1 atom stereocenters. The van der Waals surface area contributed by atoms with Gasteiger partial charge in [0, 0.05) is 43.5 Å². The van der Waals surface area contributed by atoms with Gasteiger partial charge in [0.2, 0.25) is 0 Å². The molecule has 0 aromatic carbocycles. The van der Waals surface area contributed by atoms with E-state index >= 15 is 0 Å². The first-order chi connectivity index (χ1) is 9.25. The van der Waals surface area contributed by atoms with Crippen molar-refractivity contribution in [2.24, 2.45) is 0 Å². The van der Waals surface area contributed by atoms with Crippen molar-refractivity contribution in [1.29, 1.82) is 0 Å². The molecule has 0 aliphatic carbocycles. The Hall–Kier alpha value is -0.930.